The van der Waals surface area contributed by atoms with Gasteiger partial charge < -0.3 is 15.1 Å². The van der Waals surface area contributed by atoms with Crippen LogP contribution >= 0.6 is 11.8 Å². The number of rotatable bonds is 6. The summed E-state index contributed by atoms with van der Waals surface area (Å²) in [4.78, 5) is 20.4. The molecule has 0 saturated carbocycles. The highest BCUT2D eigenvalue weighted by Crippen LogP contribution is 2.21. The summed E-state index contributed by atoms with van der Waals surface area (Å²) in [5, 5.41) is 4.31. The standard InChI is InChI=1S/C19H33N7S/c1-3-17-16-26(14-15-27-17)18(20-2)21-8-5-9-24-10-12-25(13-11-24)19-22-6-4-7-23-19/h4,6-7,17H,3,5,8-16H2,1-2H3,(H,20,21). The van der Waals surface area contributed by atoms with E-state index in [4.69, 9.17) is 0 Å². The van der Waals surface area contributed by atoms with Crippen LogP contribution < -0.4 is 10.2 Å². The fraction of sp³-hybridized carbons (Fsp3) is 0.737. The van der Waals surface area contributed by atoms with Gasteiger partial charge in [0.1, 0.15) is 0 Å². The van der Waals surface area contributed by atoms with Gasteiger partial charge >= 0.3 is 0 Å². The average Bonchev–Trinajstić information content (AvgIpc) is 2.75. The molecule has 3 heterocycles. The third kappa shape index (κ3) is 5.97. The van der Waals surface area contributed by atoms with Crippen LogP contribution in [0.5, 0.6) is 0 Å². The summed E-state index contributed by atoms with van der Waals surface area (Å²) in [6.07, 6.45) is 6.01. The molecule has 1 aromatic rings. The second kappa shape index (κ2) is 10.7. The van der Waals surface area contributed by atoms with Crippen molar-refractivity contribution in [3.8, 4) is 0 Å². The summed E-state index contributed by atoms with van der Waals surface area (Å²) in [6.45, 7) is 10.8. The molecule has 2 aliphatic heterocycles. The molecule has 27 heavy (non-hydrogen) atoms. The number of nitrogens with one attached hydrogen (secondary N) is 1. The molecule has 1 unspecified atom stereocenters. The van der Waals surface area contributed by atoms with E-state index in [1.54, 1.807) is 0 Å². The van der Waals surface area contributed by atoms with Gasteiger partial charge in [0, 0.05) is 76.3 Å². The van der Waals surface area contributed by atoms with E-state index in [0.717, 1.165) is 75.9 Å². The van der Waals surface area contributed by atoms with Crippen LogP contribution in [-0.4, -0.2) is 96.1 Å². The summed E-state index contributed by atoms with van der Waals surface area (Å²) in [6, 6.07) is 1.87. The van der Waals surface area contributed by atoms with Crippen LogP contribution in [0.25, 0.3) is 0 Å². The van der Waals surface area contributed by atoms with Gasteiger partial charge in [-0.1, -0.05) is 6.92 Å². The molecule has 1 N–H and O–H groups in total. The Kier molecular flexibility index (Phi) is 8.01. The van der Waals surface area contributed by atoms with E-state index in [0.29, 0.717) is 0 Å². The second-order valence-corrected chi connectivity index (χ2v) is 8.46. The summed E-state index contributed by atoms with van der Waals surface area (Å²) >= 11 is 2.10. The lowest BCUT2D eigenvalue weighted by Gasteiger charge is -2.35. The molecule has 2 fully saturated rings. The maximum Gasteiger partial charge on any atom is 0.225 e. The number of anilines is 1. The molecule has 0 aliphatic carbocycles. The van der Waals surface area contributed by atoms with Crippen LogP contribution in [0.1, 0.15) is 19.8 Å². The Balaban J connectivity index is 1.33. The normalized spacial score (nSPS) is 22.1. The van der Waals surface area contributed by atoms with Crippen molar-refractivity contribution in [3.05, 3.63) is 18.5 Å². The Morgan fingerprint density at radius 1 is 1.22 bits per heavy atom. The fourth-order valence-corrected chi connectivity index (χ4v) is 4.80. The second-order valence-electron chi connectivity index (χ2n) is 7.05. The van der Waals surface area contributed by atoms with Gasteiger partial charge in [-0.2, -0.15) is 11.8 Å². The molecule has 2 aliphatic rings. The minimum atomic E-state index is 0.738. The van der Waals surface area contributed by atoms with E-state index in [2.05, 4.69) is 53.7 Å². The molecule has 1 aromatic heterocycles. The molecule has 150 valence electrons. The van der Waals surface area contributed by atoms with Crippen molar-refractivity contribution in [2.24, 2.45) is 4.99 Å². The molecule has 7 nitrogen and oxygen atoms in total. The number of piperazine rings is 1. The molecule has 0 bridgehead atoms. The Morgan fingerprint density at radius 3 is 2.70 bits per heavy atom. The number of hydrogen-bond donors (Lipinski definition) is 1. The number of aliphatic imine (C=N–C) groups is 1. The lowest BCUT2D eigenvalue weighted by atomic mass is 10.3. The highest BCUT2D eigenvalue weighted by atomic mass is 32.2. The largest absolute Gasteiger partial charge is 0.356 e. The molecule has 0 aromatic carbocycles. The molecule has 8 heteroatoms. The first-order chi connectivity index (χ1) is 13.3. The third-order valence-corrected chi connectivity index (χ3v) is 6.62. The number of thioether (sulfide) groups is 1. The SMILES string of the molecule is CCC1CN(C(=NC)NCCCN2CCN(c3ncccn3)CC2)CCS1. The topological polar surface area (TPSA) is 59.9 Å². The van der Waals surface area contributed by atoms with Crippen LogP contribution in [0.15, 0.2) is 23.5 Å². The zero-order chi connectivity index (χ0) is 18.9. The predicted molar refractivity (Wildman–Crippen MR) is 115 cm³/mol. The Bertz CT molecular complexity index is 575. The summed E-state index contributed by atoms with van der Waals surface area (Å²) in [5.41, 5.74) is 0. The summed E-state index contributed by atoms with van der Waals surface area (Å²) in [5.74, 6) is 3.13. The maximum absolute atomic E-state index is 4.50. The number of hydrogen-bond acceptors (Lipinski definition) is 6. The van der Waals surface area contributed by atoms with Crippen LogP contribution in [0.3, 0.4) is 0 Å². The molecule has 3 rings (SSSR count). The first-order valence-corrected chi connectivity index (χ1v) is 11.2. The summed E-state index contributed by atoms with van der Waals surface area (Å²) in [7, 11) is 1.90. The molecule has 1 atom stereocenters. The van der Waals surface area contributed by atoms with E-state index in [9.17, 15) is 0 Å². The van der Waals surface area contributed by atoms with E-state index < -0.39 is 0 Å². The molecule has 0 radical (unpaired) electrons. The number of aromatic nitrogens is 2. The first kappa shape index (κ1) is 20.2. The monoisotopic (exact) mass is 391 g/mol. The Hall–Kier alpha value is -1.54. The Labute approximate surface area is 167 Å². The van der Waals surface area contributed by atoms with Gasteiger partial charge in [0.05, 0.1) is 0 Å². The highest BCUT2D eigenvalue weighted by Gasteiger charge is 2.21. The van der Waals surface area contributed by atoms with Gasteiger partial charge in [-0.15, -0.1) is 0 Å². The minimum absolute atomic E-state index is 0.738. The average molecular weight is 392 g/mol. The predicted octanol–water partition coefficient (Wildman–Crippen LogP) is 1.39. The zero-order valence-electron chi connectivity index (χ0n) is 16.7. The van der Waals surface area contributed by atoms with E-state index >= 15 is 0 Å². The quantitative estimate of drug-likeness (QED) is 0.447. The van der Waals surface area contributed by atoms with Crippen molar-refractivity contribution in [3.63, 3.8) is 0 Å². The number of nitrogens with zero attached hydrogens (tertiary/aromatic N) is 6. The van der Waals surface area contributed by atoms with Crippen molar-refractivity contribution < 1.29 is 0 Å². The van der Waals surface area contributed by atoms with Gasteiger partial charge in [-0.25, -0.2) is 9.97 Å². The molecular formula is C19H33N7S. The molecule has 0 spiro atoms. The summed E-state index contributed by atoms with van der Waals surface area (Å²) < 4.78 is 0. The van der Waals surface area contributed by atoms with Gasteiger partial charge in [0.15, 0.2) is 5.96 Å². The van der Waals surface area contributed by atoms with Crippen LogP contribution in [-0.2, 0) is 0 Å². The van der Waals surface area contributed by atoms with Gasteiger partial charge in [-0.05, 0) is 25.5 Å². The minimum Gasteiger partial charge on any atom is -0.356 e. The van der Waals surface area contributed by atoms with Gasteiger partial charge in [-0.3, -0.25) is 9.89 Å². The van der Waals surface area contributed by atoms with Gasteiger partial charge in [0.25, 0.3) is 0 Å². The van der Waals surface area contributed by atoms with Crippen LogP contribution in [0.4, 0.5) is 5.95 Å². The van der Waals surface area contributed by atoms with Crippen molar-refractivity contribution in [1.82, 2.24) is 25.1 Å². The molecular weight excluding hydrogens is 358 g/mol. The number of guanidine groups is 1. The van der Waals surface area contributed by atoms with Crippen LogP contribution in [0, 0.1) is 0 Å². The van der Waals surface area contributed by atoms with E-state index in [-0.39, 0.29) is 0 Å². The van der Waals surface area contributed by atoms with Gasteiger partial charge in [0.2, 0.25) is 5.95 Å². The van der Waals surface area contributed by atoms with Crippen molar-refractivity contribution in [1.29, 1.82) is 0 Å². The Morgan fingerprint density at radius 2 is 2.00 bits per heavy atom. The first-order valence-electron chi connectivity index (χ1n) is 10.1. The highest BCUT2D eigenvalue weighted by molar-refractivity contribution is 8.00. The lowest BCUT2D eigenvalue weighted by Crippen LogP contribution is -2.49. The maximum atomic E-state index is 4.50. The van der Waals surface area contributed by atoms with E-state index in [1.807, 2.05) is 25.5 Å². The van der Waals surface area contributed by atoms with Crippen molar-refractivity contribution in [2.45, 2.75) is 25.0 Å². The smallest absolute Gasteiger partial charge is 0.225 e. The zero-order valence-corrected chi connectivity index (χ0v) is 17.5. The van der Waals surface area contributed by atoms with Crippen molar-refractivity contribution in [2.75, 3.05) is 70.1 Å². The van der Waals surface area contributed by atoms with Crippen LogP contribution in [0.2, 0.25) is 0 Å². The lowest BCUT2D eigenvalue weighted by molar-refractivity contribution is 0.253. The van der Waals surface area contributed by atoms with E-state index in [1.165, 1.54) is 12.2 Å². The van der Waals surface area contributed by atoms with Crippen molar-refractivity contribution >= 4 is 23.7 Å². The molecule has 0 amide bonds. The molecule has 2 saturated heterocycles. The fourth-order valence-electron chi connectivity index (χ4n) is 3.62. The third-order valence-electron chi connectivity index (χ3n) is 5.25.